The summed E-state index contributed by atoms with van der Waals surface area (Å²) >= 11 is 0. The van der Waals surface area contributed by atoms with Gasteiger partial charge in [-0.25, -0.2) is 0 Å². The van der Waals surface area contributed by atoms with Gasteiger partial charge < -0.3 is 10.6 Å². The van der Waals surface area contributed by atoms with Crippen LogP contribution >= 0.6 is 0 Å². The lowest BCUT2D eigenvalue weighted by Crippen LogP contribution is -2.30. The monoisotopic (exact) mass is 427 g/mol. The lowest BCUT2D eigenvalue weighted by molar-refractivity contribution is -0.120. The van der Waals surface area contributed by atoms with Crippen molar-refractivity contribution >= 4 is 17.9 Å². The average molecular weight is 428 g/mol. The molecule has 1 fully saturated rings. The molecular weight excluding hydrogens is 398 g/mol. The van der Waals surface area contributed by atoms with Crippen LogP contribution in [0.2, 0.25) is 0 Å². The number of terminal acetylenes is 1. The molecule has 0 radical (unpaired) electrons. The summed E-state index contributed by atoms with van der Waals surface area (Å²) in [6, 6.07) is 9.50. The molecule has 2 unspecified atom stereocenters. The number of nitrogens with one attached hydrogen (secondary N) is 2. The van der Waals surface area contributed by atoms with Crippen LogP contribution in [0, 0.1) is 23.7 Å². The molecule has 2 atom stereocenters. The van der Waals surface area contributed by atoms with E-state index in [4.69, 9.17) is 6.42 Å². The zero-order valence-electron chi connectivity index (χ0n) is 18.5. The quantitative estimate of drug-likeness (QED) is 0.604. The van der Waals surface area contributed by atoms with Gasteiger partial charge in [-0.3, -0.25) is 14.6 Å². The molecule has 4 rings (SSSR count). The summed E-state index contributed by atoms with van der Waals surface area (Å²) in [5.74, 6) is 3.09. The first-order chi connectivity index (χ1) is 15.5. The Bertz CT molecular complexity index is 1100. The van der Waals surface area contributed by atoms with E-state index in [1.54, 1.807) is 12.4 Å². The van der Waals surface area contributed by atoms with Gasteiger partial charge in [0.1, 0.15) is 0 Å². The van der Waals surface area contributed by atoms with E-state index < -0.39 is 0 Å². The Kier molecular flexibility index (Phi) is 6.41. The molecule has 32 heavy (non-hydrogen) atoms. The topological polar surface area (TPSA) is 71.1 Å². The molecule has 1 heterocycles. The molecule has 1 aromatic carbocycles. The third kappa shape index (κ3) is 4.91. The van der Waals surface area contributed by atoms with E-state index in [0.717, 1.165) is 47.1 Å². The second-order valence-corrected chi connectivity index (χ2v) is 8.87. The van der Waals surface area contributed by atoms with Gasteiger partial charge in [-0.15, -0.1) is 6.42 Å². The summed E-state index contributed by atoms with van der Waals surface area (Å²) in [5.41, 5.74) is 4.92. The number of rotatable bonds is 9. The first-order valence-corrected chi connectivity index (χ1v) is 11.3. The van der Waals surface area contributed by atoms with Crippen molar-refractivity contribution < 1.29 is 9.59 Å². The molecule has 2 aliphatic rings. The number of hydrogen-bond donors (Lipinski definition) is 2. The third-order valence-corrected chi connectivity index (χ3v) is 6.92. The van der Waals surface area contributed by atoms with Crippen LogP contribution in [0.4, 0.5) is 0 Å². The number of benzene rings is 1. The van der Waals surface area contributed by atoms with Crippen LogP contribution < -0.4 is 10.6 Å². The molecule has 0 aliphatic heterocycles. The molecule has 2 aromatic rings. The predicted molar refractivity (Wildman–Crippen MR) is 125 cm³/mol. The molecule has 0 spiro atoms. The van der Waals surface area contributed by atoms with Crippen LogP contribution in [-0.4, -0.2) is 29.9 Å². The van der Waals surface area contributed by atoms with Crippen molar-refractivity contribution in [1.29, 1.82) is 0 Å². The van der Waals surface area contributed by atoms with Crippen LogP contribution in [0.5, 0.6) is 0 Å². The van der Waals surface area contributed by atoms with E-state index in [2.05, 4.69) is 28.5 Å². The van der Waals surface area contributed by atoms with Crippen molar-refractivity contribution in [3.8, 4) is 12.3 Å². The van der Waals surface area contributed by atoms with Crippen LogP contribution in [0.1, 0.15) is 48.4 Å². The van der Waals surface area contributed by atoms with E-state index in [9.17, 15) is 9.59 Å². The molecular formula is C27H29N3O2. The Labute approximate surface area is 189 Å². The highest BCUT2D eigenvalue weighted by atomic mass is 16.2. The lowest BCUT2D eigenvalue weighted by Gasteiger charge is -2.16. The number of carbonyl (C=O) groups is 2. The Hall–Kier alpha value is -3.39. The van der Waals surface area contributed by atoms with Gasteiger partial charge in [0.15, 0.2) is 0 Å². The molecule has 1 aromatic heterocycles. The molecule has 5 nitrogen and oxygen atoms in total. The smallest absolute Gasteiger partial charge is 0.247 e. The summed E-state index contributed by atoms with van der Waals surface area (Å²) < 4.78 is 0. The van der Waals surface area contributed by atoms with E-state index in [1.165, 1.54) is 0 Å². The molecule has 0 saturated heterocycles. The number of pyridine rings is 1. The lowest BCUT2D eigenvalue weighted by atomic mass is 9.95. The molecule has 164 valence electrons. The highest BCUT2D eigenvalue weighted by Gasteiger charge is 2.51. The minimum atomic E-state index is 0.0122. The molecule has 2 aliphatic carbocycles. The highest BCUT2D eigenvalue weighted by molar-refractivity contribution is 6.00. The normalized spacial score (nSPS) is 20.6. The third-order valence-electron chi connectivity index (χ3n) is 6.92. The Morgan fingerprint density at radius 1 is 1.28 bits per heavy atom. The zero-order valence-corrected chi connectivity index (χ0v) is 18.5. The second-order valence-electron chi connectivity index (χ2n) is 8.87. The maximum atomic E-state index is 12.6. The van der Waals surface area contributed by atoms with Crippen molar-refractivity contribution in [2.24, 2.45) is 11.3 Å². The summed E-state index contributed by atoms with van der Waals surface area (Å²) in [4.78, 5) is 29.0. The maximum Gasteiger partial charge on any atom is 0.247 e. The number of carbonyl (C=O) groups excluding carboxylic acids is 2. The van der Waals surface area contributed by atoms with E-state index in [-0.39, 0.29) is 17.2 Å². The second kappa shape index (κ2) is 9.40. The van der Waals surface area contributed by atoms with Crippen molar-refractivity contribution in [1.82, 2.24) is 15.6 Å². The minimum Gasteiger partial charge on any atom is -0.356 e. The van der Waals surface area contributed by atoms with Gasteiger partial charge in [0.05, 0.1) is 6.42 Å². The fraction of sp³-hybridized carbons (Fsp3) is 0.370. The van der Waals surface area contributed by atoms with Crippen molar-refractivity contribution in [3.05, 3.63) is 70.6 Å². The molecule has 5 heteroatoms. The maximum absolute atomic E-state index is 12.6. The largest absolute Gasteiger partial charge is 0.356 e. The van der Waals surface area contributed by atoms with Gasteiger partial charge in [0.2, 0.25) is 11.8 Å². The predicted octanol–water partition coefficient (Wildman–Crippen LogP) is 3.28. The van der Waals surface area contributed by atoms with E-state index in [1.807, 2.05) is 36.4 Å². The molecule has 1 saturated carbocycles. The number of hydrogen-bond acceptors (Lipinski definition) is 3. The molecule has 2 N–H and O–H groups in total. The van der Waals surface area contributed by atoms with Gasteiger partial charge >= 0.3 is 0 Å². The van der Waals surface area contributed by atoms with Crippen LogP contribution in [0.15, 0.2) is 48.3 Å². The highest BCUT2D eigenvalue weighted by Crippen LogP contribution is 2.57. The number of nitrogens with zero attached hydrogens (tertiary/aromatic N) is 1. The van der Waals surface area contributed by atoms with E-state index in [0.29, 0.717) is 31.8 Å². The first-order valence-electron chi connectivity index (χ1n) is 11.3. The number of aromatic nitrogens is 1. The van der Waals surface area contributed by atoms with Crippen LogP contribution in [0.3, 0.4) is 0 Å². The summed E-state index contributed by atoms with van der Waals surface area (Å²) in [5, 5.41) is 6.17. The van der Waals surface area contributed by atoms with Gasteiger partial charge in [-0.2, -0.15) is 0 Å². The van der Waals surface area contributed by atoms with Gasteiger partial charge in [-0.1, -0.05) is 31.4 Å². The Morgan fingerprint density at radius 3 is 2.94 bits per heavy atom. The minimum absolute atomic E-state index is 0.0122. The Morgan fingerprint density at radius 2 is 2.16 bits per heavy atom. The van der Waals surface area contributed by atoms with Gasteiger partial charge in [0, 0.05) is 43.0 Å². The van der Waals surface area contributed by atoms with Crippen molar-refractivity contribution in [3.63, 3.8) is 0 Å². The number of amides is 2. The van der Waals surface area contributed by atoms with Gasteiger partial charge in [-0.05, 0) is 65.1 Å². The summed E-state index contributed by atoms with van der Waals surface area (Å²) in [6.07, 6.45) is 15.0. The van der Waals surface area contributed by atoms with E-state index >= 15 is 0 Å². The standard InChI is InChI=1S/C27H29N3O2/c1-3-19-6-5-7-20(12-19)13-25(31)29-11-9-27(4-2)16-24(27)18-30-26(32)22-14-21-8-10-28-17-23(21)15-22/h1,5-8,10,12,15,17,24H,4,9,11,13-14,16,18H2,2H3,(H,29,31)(H,30,32). The first kappa shape index (κ1) is 21.8. The molecule has 0 bridgehead atoms. The zero-order chi connectivity index (χ0) is 22.6. The summed E-state index contributed by atoms with van der Waals surface area (Å²) in [7, 11) is 0. The Balaban J connectivity index is 1.20. The summed E-state index contributed by atoms with van der Waals surface area (Å²) in [6.45, 7) is 3.53. The fourth-order valence-corrected chi connectivity index (χ4v) is 4.75. The van der Waals surface area contributed by atoms with Crippen LogP contribution in [-0.2, 0) is 22.4 Å². The fourth-order valence-electron chi connectivity index (χ4n) is 4.75. The van der Waals surface area contributed by atoms with Crippen molar-refractivity contribution in [2.75, 3.05) is 13.1 Å². The SMILES string of the molecule is C#Cc1cccc(CC(=O)NCCC2(CC)CC2CNC(=O)C2=Cc3cnccc3C2)c1. The number of fused-ring (bicyclic) bond motifs is 1. The molecule has 2 amide bonds. The van der Waals surface area contributed by atoms with Crippen LogP contribution in [0.25, 0.3) is 6.08 Å². The van der Waals surface area contributed by atoms with Gasteiger partial charge in [0.25, 0.3) is 0 Å². The average Bonchev–Trinajstić information content (AvgIpc) is 3.32. The van der Waals surface area contributed by atoms with Crippen molar-refractivity contribution in [2.45, 2.75) is 39.0 Å².